The Hall–Kier alpha value is -2.34. The molecule has 0 radical (unpaired) electrons. The van der Waals surface area contributed by atoms with E-state index < -0.39 is 28.9 Å². The second-order valence-corrected chi connectivity index (χ2v) is 11.6. The summed E-state index contributed by atoms with van der Waals surface area (Å²) in [5, 5.41) is 10.3. The molecule has 3 fully saturated rings. The lowest BCUT2D eigenvalue weighted by Gasteiger charge is -2.41. The number of halogens is 1. The van der Waals surface area contributed by atoms with Crippen molar-refractivity contribution in [2.75, 3.05) is 57.3 Å². The van der Waals surface area contributed by atoms with Gasteiger partial charge in [0.15, 0.2) is 0 Å². The van der Waals surface area contributed by atoms with Gasteiger partial charge < -0.3 is 14.9 Å². The summed E-state index contributed by atoms with van der Waals surface area (Å²) in [6.07, 6.45) is 2.51. The highest BCUT2D eigenvalue weighted by molar-refractivity contribution is 7.86. The minimum absolute atomic E-state index is 0.0818. The monoisotopic (exact) mass is 505 g/mol. The first kappa shape index (κ1) is 24.4. The minimum Gasteiger partial charge on any atom is -0.387 e. The zero-order valence-electron chi connectivity index (χ0n) is 19.7. The Morgan fingerprint density at radius 2 is 1.86 bits per heavy atom. The number of piperidine rings is 1. The van der Waals surface area contributed by atoms with Crippen molar-refractivity contribution >= 4 is 32.7 Å². The van der Waals surface area contributed by atoms with Crippen molar-refractivity contribution in [3.63, 3.8) is 0 Å². The number of benzene rings is 1. The first-order valence-corrected chi connectivity index (χ1v) is 13.7. The van der Waals surface area contributed by atoms with Gasteiger partial charge in [-0.25, -0.2) is 4.39 Å². The van der Waals surface area contributed by atoms with Gasteiger partial charge in [0, 0.05) is 75.0 Å². The molecule has 3 aliphatic rings. The van der Waals surface area contributed by atoms with E-state index in [1.54, 1.807) is 11.1 Å². The summed E-state index contributed by atoms with van der Waals surface area (Å²) in [6.45, 7) is 1.45. The summed E-state index contributed by atoms with van der Waals surface area (Å²) in [4.78, 5) is 20.2. The Kier molecular flexibility index (Phi) is 6.93. The fourth-order valence-electron chi connectivity index (χ4n) is 5.12. The van der Waals surface area contributed by atoms with Crippen LogP contribution in [0.5, 0.6) is 0 Å². The van der Waals surface area contributed by atoms with Crippen molar-refractivity contribution in [3.8, 4) is 0 Å². The van der Waals surface area contributed by atoms with E-state index in [9.17, 15) is 18.3 Å². The van der Waals surface area contributed by atoms with E-state index in [1.807, 2.05) is 30.3 Å². The smallest absolute Gasteiger partial charge is 0.282 e. The summed E-state index contributed by atoms with van der Waals surface area (Å²) in [5.74, 6) is -0.800. The van der Waals surface area contributed by atoms with Gasteiger partial charge in [0.05, 0.1) is 5.52 Å². The number of amides is 1. The molecule has 1 aromatic carbocycles. The molecule has 2 aromatic rings. The quantitative estimate of drug-likeness (QED) is 0.608. The van der Waals surface area contributed by atoms with E-state index in [1.165, 1.54) is 8.61 Å². The number of piperazine rings is 1. The molecule has 2 aliphatic heterocycles. The molecule has 35 heavy (non-hydrogen) atoms. The summed E-state index contributed by atoms with van der Waals surface area (Å²) in [6, 6.07) is 10.0. The van der Waals surface area contributed by atoms with Gasteiger partial charge in [-0.3, -0.25) is 9.78 Å². The van der Waals surface area contributed by atoms with Crippen molar-refractivity contribution in [3.05, 3.63) is 36.5 Å². The average Bonchev–Trinajstić information content (AvgIpc) is 3.72. The summed E-state index contributed by atoms with van der Waals surface area (Å²) < 4.78 is 44.3. The van der Waals surface area contributed by atoms with Crippen LogP contribution in [0.1, 0.15) is 19.3 Å². The van der Waals surface area contributed by atoms with Crippen molar-refractivity contribution < 1.29 is 22.7 Å². The number of aromatic nitrogens is 1. The number of hydrogen-bond donors (Lipinski definition) is 1. The number of aliphatic hydroxyl groups excluding tert-OH is 1. The highest BCUT2D eigenvalue weighted by Gasteiger charge is 2.41. The molecule has 9 nitrogen and oxygen atoms in total. The first-order valence-electron chi connectivity index (χ1n) is 12.3. The van der Waals surface area contributed by atoms with Crippen LogP contribution in [0.4, 0.5) is 10.1 Å². The van der Waals surface area contributed by atoms with Gasteiger partial charge in [-0.05, 0) is 37.5 Å². The zero-order chi connectivity index (χ0) is 24.6. The third-order valence-electron chi connectivity index (χ3n) is 7.36. The fraction of sp³-hybridized carbons (Fsp3) is 0.583. The Labute approximate surface area is 205 Å². The molecular weight excluding hydrogens is 473 g/mol. The lowest BCUT2D eigenvalue weighted by Crippen LogP contribution is -2.56. The average molecular weight is 506 g/mol. The van der Waals surface area contributed by atoms with E-state index in [2.05, 4.69) is 9.88 Å². The number of rotatable bonds is 7. The maximum atomic E-state index is 15.1. The molecule has 5 rings (SSSR count). The molecule has 11 heteroatoms. The van der Waals surface area contributed by atoms with E-state index >= 15 is 4.39 Å². The predicted octanol–water partition coefficient (Wildman–Crippen LogP) is 1.24. The number of alkyl halides is 1. The molecule has 0 bridgehead atoms. The SMILES string of the molecule is O=C(CO)N(CC1CCN(S(=O)(=O)N2CCN(c3ccc4cccnc4c3)CC2)C[C@H]1F)C1CC1. The van der Waals surface area contributed by atoms with Gasteiger partial charge >= 0.3 is 0 Å². The number of aliphatic hydroxyl groups is 1. The van der Waals surface area contributed by atoms with Gasteiger partial charge in [-0.2, -0.15) is 17.0 Å². The molecule has 2 atom stereocenters. The predicted molar refractivity (Wildman–Crippen MR) is 131 cm³/mol. The molecule has 0 spiro atoms. The maximum Gasteiger partial charge on any atom is 0.282 e. The third-order valence-corrected chi connectivity index (χ3v) is 9.36. The number of pyridine rings is 1. The van der Waals surface area contributed by atoms with Gasteiger partial charge in [-0.1, -0.05) is 12.1 Å². The second kappa shape index (κ2) is 9.96. The van der Waals surface area contributed by atoms with Crippen molar-refractivity contribution in [2.24, 2.45) is 5.92 Å². The van der Waals surface area contributed by atoms with Crippen LogP contribution in [0, 0.1) is 5.92 Å². The molecule has 1 amide bonds. The topological polar surface area (TPSA) is 97.3 Å². The number of hydrogen-bond acceptors (Lipinski definition) is 6. The summed E-state index contributed by atoms with van der Waals surface area (Å²) >= 11 is 0. The number of anilines is 1. The minimum atomic E-state index is -3.77. The fourth-order valence-corrected chi connectivity index (χ4v) is 6.74. The zero-order valence-corrected chi connectivity index (χ0v) is 20.5. The molecule has 1 aromatic heterocycles. The largest absolute Gasteiger partial charge is 0.387 e. The standard InChI is InChI=1S/C24H32FN5O4S/c25-22-16-29(9-7-19(22)15-30(20-5-6-20)24(32)17-31)35(33,34)28-12-10-27(11-13-28)21-4-3-18-2-1-8-26-23(18)14-21/h1-4,8,14,19-20,22,31H,5-7,9-13,15-17H2/t19?,22-/m1/s1. The maximum absolute atomic E-state index is 15.1. The van der Waals surface area contributed by atoms with Gasteiger partial charge in [0.2, 0.25) is 5.91 Å². The number of nitrogens with zero attached hydrogens (tertiary/aromatic N) is 5. The number of fused-ring (bicyclic) bond motifs is 1. The highest BCUT2D eigenvalue weighted by atomic mass is 32.2. The first-order chi connectivity index (χ1) is 16.9. The van der Waals surface area contributed by atoms with Gasteiger partial charge in [0.25, 0.3) is 10.2 Å². The molecule has 2 saturated heterocycles. The van der Waals surface area contributed by atoms with Gasteiger partial charge in [0.1, 0.15) is 12.8 Å². The lowest BCUT2D eigenvalue weighted by atomic mass is 9.95. The Bertz CT molecular complexity index is 1170. The van der Waals surface area contributed by atoms with Crippen LogP contribution in [-0.4, -0.2) is 103 Å². The Morgan fingerprint density at radius 1 is 1.09 bits per heavy atom. The lowest BCUT2D eigenvalue weighted by molar-refractivity contribution is -0.136. The van der Waals surface area contributed by atoms with Crippen LogP contribution in [0.2, 0.25) is 0 Å². The Morgan fingerprint density at radius 3 is 2.54 bits per heavy atom. The summed E-state index contributed by atoms with van der Waals surface area (Å²) in [7, 11) is -3.77. The molecule has 1 saturated carbocycles. The van der Waals surface area contributed by atoms with Crippen molar-refractivity contribution in [1.82, 2.24) is 18.5 Å². The van der Waals surface area contributed by atoms with Crippen molar-refractivity contribution in [1.29, 1.82) is 0 Å². The van der Waals surface area contributed by atoms with E-state index in [0.29, 0.717) is 32.6 Å². The number of carbonyl (C=O) groups excluding carboxylic acids is 1. The van der Waals surface area contributed by atoms with Crippen molar-refractivity contribution in [2.45, 2.75) is 31.5 Å². The molecular formula is C24H32FN5O4S. The van der Waals surface area contributed by atoms with E-state index in [-0.39, 0.29) is 31.6 Å². The van der Waals surface area contributed by atoms with Crippen LogP contribution < -0.4 is 4.90 Å². The normalized spacial score (nSPS) is 24.6. The number of carbonyl (C=O) groups is 1. The second-order valence-electron chi connectivity index (χ2n) is 9.63. The van der Waals surface area contributed by atoms with Crippen LogP contribution in [0.15, 0.2) is 36.5 Å². The van der Waals surface area contributed by atoms with Crippen LogP contribution in [-0.2, 0) is 15.0 Å². The van der Waals surface area contributed by atoms with Crippen LogP contribution >= 0.6 is 0 Å². The third kappa shape index (κ3) is 5.13. The molecule has 1 aliphatic carbocycles. The van der Waals surface area contributed by atoms with Crippen LogP contribution in [0.3, 0.4) is 0 Å². The van der Waals surface area contributed by atoms with E-state index in [0.717, 1.165) is 29.4 Å². The summed E-state index contributed by atoms with van der Waals surface area (Å²) in [5.41, 5.74) is 1.91. The Balaban J connectivity index is 1.18. The van der Waals surface area contributed by atoms with E-state index in [4.69, 9.17) is 0 Å². The molecule has 1 unspecified atom stereocenters. The molecule has 1 N–H and O–H groups in total. The molecule has 3 heterocycles. The highest BCUT2D eigenvalue weighted by Crippen LogP contribution is 2.32. The van der Waals surface area contributed by atoms with Gasteiger partial charge in [-0.15, -0.1) is 0 Å². The molecule has 190 valence electrons. The van der Waals surface area contributed by atoms with Crippen LogP contribution in [0.25, 0.3) is 10.9 Å².